The normalized spacial score (nSPS) is 13.3. The summed E-state index contributed by atoms with van der Waals surface area (Å²) in [5, 5.41) is -0.615. The number of anilines is 1. The molecule has 0 spiro atoms. The maximum absolute atomic E-state index is 12.3. The van der Waals surface area contributed by atoms with Crippen LogP contribution in [0.25, 0.3) is 0 Å². The highest BCUT2D eigenvalue weighted by molar-refractivity contribution is 7.92. The zero-order valence-corrected chi connectivity index (χ0v) is 15.6. The summed E-state index contributed by atoms with van der Waals surface area (Å²) in [5.74, 6) is 1.29. The minimum absolute atomic E-state index is 0.163. The lowest BCUT2D eigenvalue weighted by Crippen LogP contribution is -2.18. The molecule has 0 fully saturated rings. The molecule has 136 valence electrons. The summed E-state index contributed by atoms with van der Waals surface area (Å²) < 4.78 is 32.0. The summed E-state index contributed by atoms with van der Waals surface area (Å²) in [4.78, 5) is 12.2. The quantitative estimate of drug-likeness (QED) is 0.446. The molecule has 0 bridgehead atoms. The van der Waals surface area contributed by atoms with Gasteiger partial charge >= 0.3 is 5.97 Å². The van der Waals surface area contributed by atoms with Crippen LogP contribution < -0.4 is 4.72 Å². The predicted octanol–water partition coefficient (Wildman–Crippen LogP) is 3.37. The van der Waals surface area contributed by atoms with Gasteiger partial charge in [-0.2, -0.15) is 0 Å². The lowest BCUT2D eigenvalue weighted by molar-refractivity contribution is -0.142. The Kier molecular flexibility index (Phi) is 6.67. The summed E-state index contributed by atoms with van der Waals surface area (Å²) >= 11 is 5.96. The van der Waals surface area contributed by atoms with E-state index in [0.29, 0.717) is 11.3 Å². The number of hydrogen-bond acceptors (Lipinski definition) is 4. The molecule has 2 rings (SSSR count). The number of hydrogen-bond donors (Lipinski definition) is 1. The Morgan fingerprint density at radius 1 is 1.19 bits per heavy atom. The van der Waals surface area contributed by atoms with E-state index < -0.39 is 27.3 Å². The smallest absolute Gasteiger partial charge is 0.313 e. The van der Waals surface area contributed by atoms with E-state index in [1.165, 1.54) is 19.2 Å². The molecule has 2 atom stereocenters. The van der Waals surface area contributed by atoms with E-state index in [0.717, 1.165) is 0 Å². The number of carbonyl (C=O) groups excluding carboxylic acids is 1. The van der Waals surface area contributed by atoms with Crippen molar-refractivity contribution in [3.63, 3.8) is 0 Å². The van der Waals surface area contributed by atoms with E-state index in [9.17, 15) is 13.2 Å². The molecule has 0 aliphatic carbocycles. The fourth-order valence-corrected chi connectivity index (χ4v) is 3.64. The molecule has 2 unspecified atom stereocenters. The maximum Gasteiger partial charge on any atom is 0.313 e. The van der Waals surface area contributed by atoms with Crippen molar-refractivity contribution >= 4 is 33.3 Å². The van der Waals surface area contributed by atoms with E-state index in [4.69, 9.17) is 22.8 Å². The fraction of sp³-hybridized carbons (Fsp3) is 0.211. The maximum atomic E-state index is 12.3. The summed E-state index contributed by atoms with van der Waals surface area (Å²) in [6.45, 7) is 0. The highest BCUT2D eigenvalue weighted by Crippen LogP contribution is 2.26. The summed E-state index contributed by atoms with van der Waals surface area (Å²) in [6, 6.07) is 14.5. The van der Waals surface area contributed by atoms with Crippen LogP contribution in [0.15, 0.2) is 59.5 Å². The van der Waals surface area contributed by atoms with E-state index in [1.807, 2.05) is 0 Å². The Balaban J connectivity index is 2.21. The SMILES string of the molecule is C#CC(Cl)CC(C(=O)OC)c1ccc(NS(=O)(=O)c2ccccc2)cc1. The van der Waals surface area contributed by atoms with Crippen molar-refractivity contribution in [2.75, 3.05) is 11.8 Å². The van der Waals surface area contributed by atoms with Gasteiger partial charge in [0.05, 0.1) is 23.3 Å². The van der Waals surface area contributed by atoms with Gasteiger partial charge in [0.2, 0.25) is 0 Å². The van der Waals surface area contributed by atoms with Gasteiger partial charge in [-0.25, -0.2) is 8.42 Å². The van der Waals surface area contributed by atoms with Crippen LogP contribution in [0, 0.1) is 12.3 Å². The van der Waals surface area contributed by atoms with Crippen molar-refractivity contribution in [3.05, 3.63) is 60.2 Å². The van der Waals surface area contributed by atoms with Gasteiger partial charge in [-0.15, -0.1) is 18.0 Å². The second-order valence-electron chi connectivity index (χ2n) is 5.49. The average molecular weight is 392 g/mol. The molecule has 0 radical (unpaired) electrons. The van der Waals surface area contributed by atoms with Crippen molar-refractivity contribution in [2.45, 2.75) is 22.6 Å². The topological polar surface area (TPSA) is 72.5 Å². The van der Waals surface area contributed by atoms with Crippen molar-refractivity contribution in [3.8, 4) is 12.3 Å². The Morgan fingerprint density at radius 3 is 2.35 bits per heavy atom. The van der Waals surface area contributed by atoms with E-state index in [1.54, 1.807) is 42.5 Å². The van der Waals surface area contributed by atoms with Crippen LogP contribution in [-0.2, 0) is 19.6 Å². The number of ether oxygens (including phenoxy) is 1. The van der Waals surface area contributed by atoms with Crippen LogP contribution in [-0.4, -0.2) is 26.9 Å². The standard InChI is InChI=1S/C19H18ClNO4S/c1-3-15(20)13-18(19(22)25-2)14-9-11-16(12-10-14)21-26(23,24)17-7-5-4-6-8-17/h1,4-12,15,18,21H,13H2,2H3. The number of rotatable bonds is 7. The molecule has 7 heteroatoms. The summed E-state index contributed by atoms with van der Waals surface area (Å²) in [5.41, 5.74) is 1.01. The lowest BCUT2D eigenvalue weighted by Gasteiger charge is -2.16. The summed E-state index contributed by atoms with van der Waals surface area (Å²) in [6.07, 6.45) is 5.50. The Labute approximate surface area is 158 Å². The van der Waals surface area contributed by atoms with Gasteiger partial charge < -0.3 is 4.74 Å². The molecule has 5 nitrogen and oxygen atoms in total. The molecular weight excluding hydrogens is 374 g/mol. The average Bonchev–Trinajstić information content (AvgIpc) is 2.66. The molecule has 0 heterocycles. The van der Waals surface area contributed by atoms with Gasteiger partial charge in [-0.05, 0) is 36.2 Å². The number of sulfonamides is 1. The highest BCUT2D eigenvalue weighted by Gasteiger charge is 2.24. The van der Waals surface area contributed by atoms with Crippen molar-refractivity contribution in [2.24, 2.45) is 0 Å². The number of terminal acetylenes is 1. The summed E-state index contributed by atoms with van der Waals surface area (Å²) in [7, 11) is -2.39. The molecule has 0 saturated carbocycles. The predicted molar refractivity (Wildman–Crippen MR) is 102 cm³/mol. The molecule has 0 aliphatic heterocycles. The van der Waals surface area contributed by atoms with Crippen molar-refractivity contribution in [1.82, 2.24) is 0 Å². The first-order valence-electron chi connectivity index (χ1n) is 7.73. The van der Waals surface area contributed by atoms with Crippen LogP contribution in [0.5, 0.6) is 0 Å². The van der Waals surface area contributed by atoms with Crippen LogP contribution in [0.1, 0.15) is 17.9 Å². The van der Waals surface area contributed by atoms with Crippen LogP contribution in [0.4, 0.5) is 5.69 Å². The molecule has 0 aliphatic rings. The lowest BCUT2D eigenvalue weighted by atomic mass is 9.94. The number of halogens is 1. The van der Waals surface area contributed by atoms with Crippen molar-refractivity contribution < 1.29 is 17.9 Å². The van der Waals surface area contributed by atoms with Gasteiger partial charge in [0.15, 0.2) is 0 Å². The third-order valence-electron chi connectivity index (χ3n) is 3.73. The second-order valence-corrected chi connectivity index (χ2v) is 7.70. The monoisotopic (exact) mass is 391 g/mol. The number of methoxy groups -OCH3 is 1. The third-order valence-corrected chi connectivity index (χ3v) is 5.43. The fourth-order valence-electron chi connectivity index (χ4n) is 2.38. The third kappa shape index (κ3) is 5.01. The molecular formula is C19H18ClNO4S. The second kappa shape index (κ2) is 8.75. The first-order chi connectivity index (χ1) is 12.4. The Morgan fingerprint density at radius 2 is 1.81 bits per heavy atom. The first kappa shape index (κ1) is 19.8. The molecule has 0 aromatic heterocycles. The van der Waals surface area contributed by atoms with Gasteiger partial charge in [0.1, 0.15) is 0 Å². The zero-order valence-electron chi connectivity index (χ0n) is 14.1. The largest absolute Gasteiger partial charge is 0.469 e. The number of carbonyl (C=O) groups is 1. The van der Waals surface area contributed by atoms with Gasteiger partial charge in [-0.1, -0.05) is 36.3 Å². The number of benzene rings is 2. The van der Waals surface area contributed by atoms with E-state index in [-0.39, 0.29) is 11.3 Å². The van der Waals surface area contributed by atoms with Gasteiger partial charge in [0.25, 0.3) is 10.0 Å². The first-order valence-corrected chi connectivity index (χ1v) is 9.65. The molecule has 0 saturated heterocycles. The number of nitrogens with one attached hydrogen (secondary N) is 1. The van der Waals surface area contributed by atoms with Crippen LogP contribution in [0.3, 0.4) is 0 Å². The molecule has 2 aromatic carbocycles. The molecule has 26 heavy (non-hydrogen) atoms. The van der Waals surface area contributed by atoms with Gasteiger partial charge in [0, 0.05) is 5.69 Å². The molecule has 1 N–H and O–H groups in total. The minimum Gasteiger partial charge on any atom is -0.469 e. The van der Waals surface area contributed by atoms with Crippen molar-refractivity contribution in [1.29, 1.82) is 0 Å². The highest BCUT2D eigenvalue weighted by atomic mass is 35.5. The van der Waals surface area contributed by atoms with Gasteiger partial charge in [-0.3, -0.25) is 9.52 Å². The zero-order chi connectivity index (χ0) is 19.2. The molecule has 2 aromatic rings. The number of esters is 1. The Bertz CT molecular complexity index is 889. The minimum atomic E-state index is -3.68. The Hall–Kier alpha value is -2.49. The van der Waals surface area contributed by atoms with E-state index >= 15 is 0 Å². The van der Waals surface area contributed by atoms with E-state index in [2.05, 4.69) is 10.6 Å². The molecule has 0 amide bonds. The number of alkyl halides is 1. The van der Waals surface area contributed by atoms with Crippen LogP contribution >= 0.6 is 11.6 Å². The van der Waals surface area contributed by atoms with Crippen LogP contribution in [0.2, 0.25) is 0 Å².